The van der Waals surface area contributed by atoms with Crippen molar-refractivity contribution >= 4 is 17.5 Å². The zero-order valence-corrected chi connectivity index (χ0v) is 8.61. The normalized spacial score (nSPS) is 33.6. The molecule has 0 radical (unpaired) electrons. The molecule has 0 fully saturated rings. The lowest BCUT2D eigenvalue weighted by Gasteiger charge is -2.13. The van der Waals surface area contributed by atoms with Gasteiger partial charge in [0.05, 0.1) is 5.37 Å². The van der Waals surface area contributed by atoms with Gasteiger partial charge in [0.2, 0.25) is 0 Å². The number of nitrogens with zero attached hydrogens (tertiary/aromatic N) is 1. The molecular weight excluding hydrogens is 154 g/mol. The Bertz CT molecular complexity index is 165. The molecule has 1 unspecified atom stereocenters. The average Bonchev–Trinajstić information content (AvgIpc) is 2.31. The monoisotopic (exact) mass is 171 g/mol. The average molecular weight is 171 g/mol. The van der Waals surface area contributed by atoms with Crippen LogP contribution in [0.4, 0.5) is 0 Å². The van der Waals surface area contributed by atoms with E-state index >= 15 is 0 Å². The first kappa shape index (κ1) is 9.11. The molecule has 0 spiro atoms. The Morgan fingerprint density at radius 2 is 2.27 bits per heavy atom. The minimum absolute atomic E-state index is 0.537. The van der Waals surface area contributed by atoms with Crippen LogP contribution in [0.25, 0.3) is 0 Å². The summed E-state index contributed by atoms with van der Waals surface area (Å²) in [5.74, 6) is 0.736. The molecule has 1 rings (SSSR count). The van der Waals surface area contributed by atoms with Crippen molar-refractivity contribution in [1.82, 2.24) is 0 Å². The molecule has 0 saturated heterocycles. The van der Waals surface area contributed by atoms with Crippen molar-refractivity contribution in [2.75, 3.05) is 0 Å². The summed E-state index contributed by atoms with van der Waals surface area (Å²) in [5.41, 5.74) is 1.32. The first-order valence-corrected chi connectivity index (χ1v) is 5.29. The van der Waals surface area contributed by atoms with Crippen LogP contribution in [0.5, 0.6) is 0 Å². The van der Waals surface area contributed by atoms with Crippen molar-refractivity contribution in [3.05, 3.63) is 0 Å². The van der Waals surface area contributed by atoms with Gasteiger partial charge in [-0.15, -0.1) is 11.8 Å². The van der Waals surface area contributed by atoms with Crippen LogP contribution >= 0.6 is 11.8 Å². The summed E-state index contributed by atoms with van der Waals surface area (Å²) in [7, 11) is 0. The molecule has 0 aromatic carbocycles. The van der Waals surface area contributed by atoms with Crippen LogP contribution in [-0.4, -0.2) is 16.3 Å². The molecule has 1 aliphatic heterocycles. The molecule has 0 aromatic rings. The van der Waals surface area contributed by atoms with E-state index < -0.39 is 0 Å². The summed E-state index contributed by atoms with van der Waals surface area (Å²) in [4.78, 5) is 4.62. The van der Waals surface area contributed by atoms with E-state index in [0.29, 0.717) is 10.6 Å². The van der Waals surface area contributed by atoms with Gasteiger partial charge in [0, 0.05) is 11.0 Å². The fraction of sp³-hybridized carbons (Fsp3) is 0.889. The highest BCUT2D eigenvalue weighted by Crippen LogP contribution is 2.33. The molecule has 11 heavy (non-hydrogen) atoms. The summed E-state index contributed by atoms with van der Waals surface area (Å²) in [6.45, 7) is 8.90. The predicted molar refractivity (Wildman–Crippen MR) is 53.4 cm³/mol. The second-order valence-electron chi connectivity index (χ2n) is 3.32. The third kappa shape index (κ3) is 1.98. The molecule has 64 valence electrons. The largest absolute Gasteiger partial charge is 0.279 e. The smallest absolute Gasteiger partial charge is 0.0982 e. The lowest BCUT2D eigenvalue weighted by atomic mass is 10.1. The van der Waals surface area contributed by atoms with Crippen LogP contribution < -0.4 is 0 Å². The molecule has 0 saturated carbocycles. The van der Waals surface area contributed by atoms with E-state index in [4.69, 9.17) is 0 Å². The molecule has 0 aromatic heterocycles. The lowest BCUT2D eigenvalue weighted by molar-refractivity contribution is 0.549. The van der Waals surface area contributed by atoms with Crippen LogP contribution in [0.15, 0.2) is 4.99 Å². The molecule has 3 atom stereocenters. The number of hydrogen-bond donors (Lipinski definition) is 0. The Balaban J connectivity index is 2.53. The van der Waals surface area contributed by atoms with E-state index in [1.54, 1.807) is 0 Å². The van der Waals surface area contributed by atoms with Crippen molar-refractivity contribution in [3.63, 3.8) is 0 Å². The van der Waals surface area contributed by atoms with Gasteiger partial charge in [-0.2, -0.15) is 0 Å². The van der Waals surface area contributed by atoms with Gasteiger partial charge in [0.15, 0.2) is 0 Å². The van der Waals surface area contributed by atoms with E-state index in [-0.39, 0.29) is 0 Å². The topological polar surface area (TPSA) is 12.4 Å². The second kappa shape index (κ2) is 3.61. The maximum atomic E-state index is 4.62. The van der Waals surface area contributed by atoms with Crippen LogP contribution in [0.2, 0.25) is 0 Å². The minimum Gasteiger partial charge on any atom is -0.279 e. The number of hydrogen-bond acceptors (Lipinski definition) is 2. The fourth-order valence-corrected chi connectivity index (χ4v) is 2.47. The molecular formula is C9H17NS. The third-order valence-corrected chi connectivity index (χ3v) is 3.99. The molecule has 1 aliphatic rings. The maximum Gasteiger partial charge on any atom is 0.0982 e. The van der Waals surface area contributed by atoms with Crippen LogP contribution in [0.1, 0.15) is 34.1 Å². The van der Waals surface area contributed by atoms with Gasteiger partial charge in [-0.05, 0) is 19.8 Å². The maximum absolute atomic E-state index is 4.62. The van der Waals surface area contributed by atoms with Gasteiger partial charge in [-0.3, -0.25) is 4.99 Å². The Morgan fingerprint density at radius 3 is 2.64 bits per heavy atom. The lowest BCUT2D eigenvalue weighted by Crippen LogP contribution is -2.08. The molecule has 0 aliphatic carbocycles. The van der Waals surface area contributed by atoms with Crippen LogP contribution in [0, 0.1) is 5.92 Å². The van der Waals surface area contributed by atoms with Crippen molar-refractivity contribution < 1.29 is 0 Å². The fourth-order valence-electron chi connectivity index (χ4n) is 1.11. The Kier molecular flexibility index (Phi) is 2.99. The minimum atomic E-state index is 0.537. The number of thioether (sulfide) groups is 1. The molecule has 2 heteroatoms. The van der Waals surface area contributed by atoms with Gasteiger partial charge in [-0.25, -0.2) is 0 Å². The van der Waals surface area contributed by atoms with E-state index in [1.165, 1.54) is 12.1 Å². The second-order valence-corrected chi connectivity index (χ2v) is 4.79. The summed E-state index contributed by atoms with van der Waals surface area (Å²) in [6.07, 6.45) is 1.24. The van der Waals surface area contributed by atoms with Crippen LogP contribution in [-0.2, 0) is 0 Å². The van der Waals surface area contributed by atoms with Gasteiger partial charge >= 0.3 is 0 Å². The van der Waals surface area contributed by atoms with Gasteiger partial charge in [0.1, 0.15) is 0 Å². The zero-order valence-electron chi connectivity index (χ0n) is 7.79. The third-order valence-electron chi connectivity index (χ3n) is 2.39. The standard InChI is InChI=1S/C9H17NS/c1-5-6(2)9-10-7(3)8(4)11-9/h6,8-9H,5H2,1-4H3/t6?,8-,9-/m0/s1. The number of aliphatic imine (C=N–C) groups is 1. The van der Waals surface area contributed by atoms with Crippen molar-refractivity contribution in [3.8, 4) is 0 Å². The summed E-state index contributed by atoms with van der Waals surface area (Å²) < 4.78 is 0. The molecule has 0 bridgehead atoms. The highest BCUT2D eigenvalue weighted by Gasteiger charge is 2.25. The molecule has 0 N–H and O–H groups in total. The summed E-state index contributed by atoms with van der Waals surface area (Å²) >= 11 is 2.00. The highest BCUT2D eigenvalue weighted by atomic mass is 32.2. The van der Waals surface area contributed by atoms with Crippen molar-refractivity contribution in [2.45, 2.75) is 44.7 Å². The highest BCUT2D eigenvalue weighted by molar-refractivity contribution is 8.01. The SMILES string of the molecule is CCC(C)[C@H]1N=C(C)[C@H](C)S1. The van der Waals surface area contributed by atoms with Crippen molar-refractivity contribution in [1.29, 1.82) is 0 Å². The van der Waals surface area contributed by atoms with Gasteiger partial charge < -0.3 is 0 Å². The Labute approximate surface area is 73.7 Å². The predicted octanol–water partition coefficient (Wildman–Crippen LogP) is 2.95. The molecule has 1 nitrogen and oxygen atoms in total. The quantitative estimate of drug-likeness (QED) is 0.622. The Hall–Kier alpha value is 0.0200. The van der Waals surface area contributed by atoms with Gasteiger partial charge in [-0.1, -0.05) is 20.3 Å². The zero-order chi connectivity index (χ0) is 8.43. The number of rotatable bonds is 2. The first-order valence-electron chi connectivity index (χ1n) is 4.35. The van der Waals surface area contributed by atoms with Crippen LogP contribution in [0.3, 0.4) is 0 Å². The summed E-state index contributed by atoms with van der Waals surface area (Å²) in [5, 5.41) is 1.18. The van der Waals surface area contributed by atoms with E-state index in [1.807, 2.05) is 11.8 Å². The van der Waals surface area contributed by atoms with E-state index in [0.717, 1.165) is 5.92 Å². The molecule has 1 heterocycles. The van der Waals surface area contributed by atoms with E-state index in [9.17, 15) is 0 Å². The van der Waals surface area contributed by atoms with Gasteiger partial charge in [0.25, 0.3) is 0 Å². The van der Waals surface area contributed by atoms with E-state index in [2.05, 4.69) is 32.7 Å². The summed E-state index contributed by atoms with van der Waals surface area (Å²) in [6, 6.07) is 0. The Morgan fingerprint density at radius 1 is 1.64 bits per heavy atom. The van der Waals surface area contributed by atoms with Crippen molar-refractivity contribution in [2.24, 2.45) is 10.9 Å². The molecule has 0 amide bonds. The first-order chi connectivity index (χ1) is 5.15.